The van der Waals surface area contributed by atoms with Crippen LogP contribution in [0, 0.1) is 5.92 Å². The van der Waals surface area contributed by atoms with Gasteiger partial charge in [-0.05, 0) is 43.5 Å². The van der Waals surface area contributed by atoms with E-state index in [1.165, 1.54) is 25.7 Å². The number of nitrogens with zero attached hydrogens (tertiary/aromatic N) is 3. The van der Waals surface area contributed by atoms with Gasteiger partial charge in [0.25, 0.3) is 0 Å². The number of rotatable bonds is 7. The standard InChI is InChI=1S/C25H32N4O3/c1-2-32-22-10-6-5-9-21(22)29-18-20(15-24(29)30)25(31)27-17-19-11-12-23(26-16-19)28-13-7-3-4-8-14-28/h5-6,9-12,16,20H,2-4,7-8,13-15,17-18H2,1H3,(H,27,31). The first-order valence-electron chi connectivity index (χ1n) is 11.7. The summed E-state index contributed by atoms with van der Waals surface area (Å²) in [6, 6.07) is 11.5. The molecule has 0 radical (unpaired) electrons. The van der Waals surface area contributed by atoms with E-state index in [-0.39, 0.29) is 24.2 Å². The highest BCUT2D eigenvalue weighted by molar-refractivity contribution is 6.01. The summed E-state index contributed by atoms with van der Waals surface area (Å²) in [4.78, 5) is 34.0. The van der Waals surface area contributed by atoms with Gasteiger partial charge in [0.2, 0.25) is 11.8 Å². The molecule has 170 valence electrons. The molecule has 2 aliphatic rings. The fourth-order valence-electron chi connectivity index (χ4n) is 4.42. The van der Waals surface area contributed by atoms with Gasteiger partial charge < -0.3 is 19.9 Å². The fraction of sp³-hybridized carbons (Fsp3) is 0.480. The van der Waals surface area contributed by atoms with Crippen LogP contribution in [0.25, 0.3) is 0 Å². The van der Waals surface area contributed by atoms with Crippen LogP contribution in [0.2, 0.25) is 0 Å². The third-order valence-electron chi connectivity index (χ3n) is 6.16. The fourth-order valence-corrected chi connectivity index (χ4v) is 4.42. The number of carbonyl (C=O) groups excluding carboxylic acids is 2. The maximum absolute atomic E-state index is 12.8. The molecule has 2 fully saturated rings. The van der Waals surface area contributed by atoms with Gasteiger partial charge in [0.1, 0.15) is 11.6 Å². The van der Waals surface area contributed by atoms with E-state index in [9.17, 15) is 9.59 Å². The molecule has 3 heterocycles. The molecule has 1 N–H and O–H groups in total. The number of hydrogen-bond acceptors (Lipinski definition) is 5. The summed E-state index contributed by atoms with van der Waals surface area (Å²) in [5.41, 5.74) is 1.68. The van der Waals surface area contributed by atoms with Gasteiger partial charge in [0.05, 0.1) is 18.2 Å². The lowest BCUT2D eigenvalue weighted by Gasteiger charge is -2.21. The third kappa shape index (κ3) is 5.21. The minimum atomic E-state index is -0.374. The number of ether oxygens (including phenoxy) is 1. The van der Waals surface area contributed by atoms with Gasteiger partial charge in [-0.3, -0.25) is 9.59 Å². The van der Waals surface area contributed by atoms with Crippen molar-refractivity contribution in [3.05, 3.63) is 48.2 Å². The maximum Gasteiger partial charge on any atom is 0.227 e. The Labute approximate surface area is 189 Å². The average molecular weight is 437 g/mol. The van der Waals surface area contributed by atoms with Crippen molar-refractivity contribution in [3.8, 4) is 5.75 Å². The lowest BCUT2D eigenvalue weighted by Crippen LogP contribution is -2.32. The van der Waals surface area contributed by atoms with Gasteiger partial charge in [-0.2, -0.15) is 0 Å². The van der Waals surface area contributed by atoms with Gasteiger partial charge in [0, 0.05) is 38.8 Å². The number of hydrogen-bond donors (Lipinski definition) is 1. The zero-order chi connectivity index (χ0) is 22.3. The monoisotopic (exact) mass is 436 g/mol. The molecule has 0 aliphatic carbocycles. The second kappa shape index (κ2) is 10.5. The molecule has 1 atom stereocenters. The molecule has 32 heavy (non-hydrogen) atoms. The number of amides is 2. The van der Waals surface area contributed by atoms with E-state index in [0.717, 1.165) is 30.2 Å². The summed E-state index contributed by atoms with van der Waals surface area (Å²) in [7, 11) is 0. The van der Waals surface area contributed by atoms with E-state index in [0.29, 0.717) is 25.4 Å². The van der Waals surface area contributed by atoms with Crippen molar-refractivity contribution >= 4 is 23.3 Å². The molecule has 7 nitrogen and oxygen atoms in total. The van der Waals surface area contributed by atoms with Crippen LogP contribution in [-0.2, 0) is 16.1 Å². The van der Waals surface area contributed by atoms with Crippen LogP contribution in [0.15, 0.2) is 42.6 Å². The van der Waals surface area contributed by atoms with Crippen LogP contribution in [0.1, 0.15) is 44.6 Å². The quantitative estimate of drug-likeness (QED) is 0.719. The van der Waals surface area contributed by atoms with Gasteiger partial charge in [-0.15, -0.1) is 0 Å². The van der Waals surface area contributed by atoms with Crippen molar-refractivity contribution in [1.82, 2.24) is 10.3 Å². The zero-order valence-electron chi connectivity index (χ0n) is 18.8. The van der Waals surface area contributed by atoms with Crippen LogP contribution < -0.4 is 19.9 Å². The molecule has 2 saturated heterocycles. The highest BCUT2D eigenvalue weighted by atomic mass is 16.5. The van der Waals surface area contributed by atoms with Crippen molar-refractivity contribution in [1.29, 1.82) is 0 Å². The van der Waals surface area contributed by atoms with Crippen LogP contribution in [-0.4, -0.2) is 43.0 Å². The Morgan fingerprint density at radius 1 is 1.12 bits per heavy atom. The molecule has 1 aromatic heterocycles. The Bertz CT molecular complexity index is 923. The number of anilines is 2. The topological polar surface area (TPSA) is 74.8 Å². The lowest BCUT2D eigenvalue weighted by atomic mass is 10.1. The van der Waals surface area contributed by atoms with E-state index in [1.807, 2.05) is 49.5 Å². The number of carbonyl (C=O) groups is 2. The Hall–Kier alpha value is -3.09. The molecule has 7 heteroatoms. The highest BCUT2D eigenvalue weighted by Gasteiger charge is 2.36. The van der Waals surface area contributed by atoms with Crippen molar-refractivity contribution in [2.45, 2.75) is 45.6 Å². The molecule has 0 bridgehead atoms. The van der Waals surface area contributed by atoms with Gasteiger partial charge in [0.15, 0.2) is 0 Å². The summed E-state index contributed by atoms with van der Waals surface area (Å²) >= 11 is 0. The van der Waals surface area contributed by atoms with Crippen LogP contribution in [0.4, 0.5) is 11.5 Å². The molecule has 0 spiro atoms. The molecular formula is C25H32N4O3. The van der Waals surface area contributed by atoms with Gasteiger partial charge >= 0.3 is 0 Å². The molecule has 1 unspecified atom stereocenters. The molecule has 2 aromatic rings. The summed E-state index contributed by atoms with van der Waals surface area (Å²) in [5.74, 6) is 1.14. The molecule has 2 amide bonds. The zero-order valence-corrected chi connectivity index (χ0v) is 18.8. The summed E-state index contributed by atoms with van der Waals surface area (Å²) in [6.07, 6.45) is 7.05. The predicted molar refractivity (Wildman–Crippen MR) is 125 cm³/mol. The summed E-state index contributed by atoms with van der Waals surface area (Å²) < 4.78 is 5.65. The van der Waals surface area contributed by atoms with E-state index in [2.05, 4.69) is 15.2 Å². The Morgan fingerprint density at radius 2 is 1.91 bits per heavy atom. The van der Waals surface area contributed by atoms with E-state index < -0.39 is 0 Å². The number of aromatic nitrogens is 1. The Kier molecular flexibility index (Phi) is 7.24. The molecule has 2 aliphatic heterocycles. The first-order valence-corrected chi connectivity index (χ1v) is 11.7. The smallest absolute Gasteiger partial charge is 0.227 e. The van der Waals surface area contributed by atoms with E-state index >= 15 is 0 Å². The lowest BCUT2D eigenvalue weighted by molar-refractivity contribution is -0.126. The molecular weight excluding hydrogens is 404 g/mol. The number of nitrogens with one attached hydrogen (secondary N) is 1. The van der Waals surface area contributed by atoms with Gasteiger partial charge in [-0.25, -0.2) is 4.98 Å². The Balaban J connectivity index is 1.32. The van der Waals surface area contributed by atoms with E-state index in [4.69, 9.17) is 4.74 Å². The minimum absolute atomic E-state index is 0.0548. The van der Waals surface area contributed by atoms with Gasteiger partial charge in [-0.1, -0.05) is 31.0 Å². The average Bonchev–Trinajstić information content (AvgIpc) is 3.01. The second-order valence-electron chi connectivity index (χ2n) is 8.45. The van der Waals surface area contributed by atoms with Crippen molar-refractivity contribution in [2.75, 3.05) is 36.0 Å². The summed E-state index contributed by atoms with van der Waals surface area (Å²) in [6.45, 7) is 5.32. The second-order valence-corrected chi connectivity index (χ2v) is 8.45. The Morgan fingerprint density at radius 3 is 2.62 bits per heavy atom. The maximum atomic E-state index is 12.8. The normalized spacial score (nSPS) is 19.0. The van der Waals surface area contributed by atoms with Crippen LogP contribution in [0.5, 0.6) is 5.75 Å². The first kappa shape index (κ1) is 22.1. The highest BCUT2D eigenvalue weighted by Crippen LogP contribution is 2.33. The number of para-hydroxylation sites is 2. The minimum Gasteiger partial charge on any atom is -0.492 e. The largest absolute Gasteiger partial charge is 0.492 e. The van der Waals surface area contributed by atoms with Crippen LogP contribution >= 0.6 is 0 Å². The van der Waals surface area contributed by atoms with Crippen molar-refractivity contribution in [2.24, 2.45) is 5.92 Å². The van der Waals surface area contributed by atoms with Crippen molar-refractivity contribution in [3.63, 3.8) is 0 Å². The summed E-state index contributed by atoms with van der Waals surface area (Å²) in [5, 5.41) is 2.98. The van der Waals surface area contributed by atoms with Crippen molar-refractivity contribution < 1.29 is 14.3 Å². The van der Waals surface area contributed by atoms with E-state index in [1.54, 1.807) is 4.90 Å². The third-order valence-corrected chi connectivity index (χ3v) is 6.16. The molecule has 1 aromatic carbocycles. The van der Waals surface area contributed by atoms with Crippen LogP contribution in [0.3, 0.4) is 0 Å². The number of pyridine rings is 1. The molecule has 4 rings (SSSR count). The first-order chi connectivity index (χ1) is 15.7. The SMILES string of the molecule is CCOc1ccccc1N1CC(C(=O)NCc2ccc(N3CCCCCC3)nc2)CC1=O. The number of benzene rings is 1. The molecule has 0 saturated carbocycles. The predicted octanol–water partition coefficient (Wildman–Crippen LogP) is 3.53.